The van der Waals surface area contributed by atoms with E-state index >= 15 is 0 Å². The average molecular weight is 928 g/mol. The third-order valence-corrected chi connectivity index (χ3v) is 11.2. The van der Waals surface area contributed by atoms with E-state index in [2.05, 4.69) is 12.6 Å². The molecule has 5 aromatic rings. The number of benzene rings is 5. The maximum absolute atomic E-state index is 14.0. The van der Waals surface area contributed by atoms with Crippen molar-refractivity contribution >= 4 is 40.3 Å². The number of methoxy groups -OCH3 is 1. The number of amides is 2. The number of nitro groups is 1. The molecule has 3 atom stereocenters. The molecule has 0 aliphatic carbocycles. The van der Waals surface area contributed by atoms with Gasteiger partial charge in [0.15, 0.2) is 11.5 Å². The molecule has 12 nitrogen and oxygen atoms in total. The van der Waals surface area contributed by atoms with Gasteiger partial charge in [0.2, 0.25) is 0 Å². The first kappa shape index (κ1) is 41.8. The van der Waals surface area contributed by atoms with Crippen molar-refractivity contribution in [3.05, 3.63) is 152 Å². The zero-order valence-corrected chi connectivity index (χ0v) is 38.2. The van der Waals surface area contributed by atoms with E-state index in [1.165, 1.54) is 19.2 Å². The van der Waals surface area contributed by atoms with E-state index in [1.54, 1.807) is 18.2 Å². The van der Waals surface area contributed by atoms with Crippen LogP contribution in [0, 0.1) is 23.6 Å². The van der Waals surface area contributed by atoms with Gasteiger partial charge in [-0.15, -0.1) is 5.69 Å². The number of ether oxygens (including phenoxy) is 3. The zero-order valence-electron chi connectivity index (χ0n) is 32.5. The van der Waals surface area contributed by atoms with E-state index in [0.717, 1.165) is 46.6 Å². The summed E-state index contributed by atoms with van der Waals surface area (Å²) in [5, 5.41) is 17.0. The van der Waals surface area contributed by atoms with E-state index in [4.69, 9.17) is 19.5 Å². The quantitative estimate of drug-likeness (QED) is 0.0866. The van der Waals surface area contributed by atoms with E-state index in [9.17, 15) is 19.7 Å². The summed E-state index contributed by atoms with van der Waals surface area (Å²) in [6, 6.07) is 27.4. The minimum atomic E-state index is -0.444. The van der Waals surface area contributed by atoms with Gasteiger partial charge in [-0.1, -0.05) is 55.4 Å². The van der Waals surface area contributed by atoms with Crippen LogP contribution in [0.2, 0.25) is 0 Å². The summed E-state index contributed by atoms with van der Waals surface area (Å²) in [6.07, 6.45) is 1.46. The van der Waals surface area contributed by atoms with Crippen LogP contribution in [0.5, 0.6) is 17.2 Å². The number of anilines is 3. The standard InChI is InChI=1S/C44H40N5O7.2Y/c1-25-13-34-39(46(3)22-32-17-29-9-5-7-11-36(29)47(32)44(34)51)21-40(25)55-23-27-14-28(16-31(15-27)49(52)53)24-56-42-20-35-33(19-41(42)54-4)43(50)48-37-12-8-6-10-30(37)18-38(48)26(2)45-35;;/h5-16,19-22,26,32,38H,17-18,23-24H2,1-4H3,(H,45,50);;/q-1;;/p-1/t26?,32-,38-;;/m0../s1. The second-order valence-corrected chi connectivity index (χ2v) is 14.8. The summed E-state index contributed by atoms with van der Waals surface area (Å²) in [4.78, 5) is 45.2. The maximum atomic E-state index is 14.0. The summed E-state index contributed by atoms with van der Waals surface area (Å²) in [5.41, 5.74) is 8.09. The molecule has 0 saturated heterocycles. The predicted octanol–water partition coefficient (Wildman–Crippen LogP) is 8.23. The summed E-state index contributed by atoms with van der Waals surface area (Å²) >= 11 is 0. The van der Waals surface area contributed by atoms with Crippen LogP contribution in [-0.4, -0.2) is 49.0 Å². The van der Waals surface area contributed by atoms with Crippen LogP contribution in [0.15, 0.2) is 91.0 Å². The molecule has 0 N–H and O–H groups in total. The molecule has 0 fully saturated rings. The first-order chi connectivity index (χ1) is 27.1. The van der Waals surface area contributed by atoms with Crippen LogP contribution >= 0.6 is 0 Å². The van der Waals surface area contributed by atoms with E-state index in [0.29, 0.717) is 45.2 Å². The molecule has 0 bridgehead atoms. The van der Waals surface area contributed by atoms with Crippen molar-refractivity contribution in [1.29, 1.82) is 0 Å². The van der Waals surface area contributed by atoms with Crippen LogP contribution in [-0.2, 0) is 91.5 Å². The molecular formula is C44H39N5O7Y2-2. The molecule has 0 saturated carbocycles. The van der Waals surface area contributed by atoms with Gasteiger partial charge in [-0.3, -0.25) is 19.7 Å². The molecule has 290 valence electrons. The van der Waals surface area contributed by atoms with Crippen LogP contribution < -0.4 is 28.9 Å². The number of likely N-dealkylation sites (N-methyl/N-ethyl adjacent to an activating group) is 1. The second kappa shape index (κ2) is 16.7. The summed E-state index contributed by atoms with van der Waals surface area (Å²) in [5.74, 6) is 1.06. The molecule has 4 aliphatic rings. The van der Waals surface area contributed by atoms with Crippen LogP contribution in [0.25, 0.3) is 5.32 Å². The van der Waals surface area contributed by atoms with Crippen LogP contribution in [0.1, 0.15) is 55.5 Å². The molecule has 4 aliphatic heterocycles. The Balaban J connectivity index is 0.00000256. The topological polar surface area (TPSA) is 129 Å². The summed E-state index contributed by atoms with van der Waals surface area (Å²) in [7, 11) is 3.43. The van der Waals surface area contributed by atoms with Gasteiger partial charge in [0.25, 0.3) is 17.5 Å². The Morgan fingerprint density at radius 2 is 1.40 bits per heavy atom. The van der Waals surface area contributed by atoms with E-state index < -0.39 is 4.92 Å². The minimum Gasteiger partial charge on any atom is -0.680 e. The van der Waals surface area contributed by atoms with Crippen LogP contribution in [0.3, 0.4) is 0 Å². The Kier molecular flexibility index (Phi) is 12.0. The van der Waals surface area contributed by atoms with E-state index in [-0.39, 0.29) is 114 Å². The first-order valence-electron chi connectivity index (χ1n) is 18.6. The number of carbonyl (C=O) groups is 2. The fourth-order valence-corrected chi connectivity index (χ4v) is 8.49. The van der Waals surface area contributed by atoms with Gasteiger partial charge >= 0.3 is 0 Å². The predicted molar refractivity (Wildman–Crippen MR) is 213 cm³/mol. The van der Waals surface area contributed by atoms with Gasteiger partial charge in [0, 0.05) is 112 Å². The molecule has 58 heavy (non-hydrogen) atoms. The molecule has 0 spiro atoms. The number of nitro benzene ring substituents is 1. The molecule has 9 rings (SSSR count). The van der Waals surface area contributed by atoms with Crippen molar-refractivity contribution in [3.8, 4) is 17.2 Å². The minimum absolute atomic E-state index is 0. The molecule has 0 aromatic heterocycles. The Bertz CT molecular complexity index is 2460. The normalized spacial score (nSPS) is 18.4. The molecule has 2 amide bonds. The number of hydrogen-bond donors (Lipinski definition) is 0. The van der Waals surface area contributed by atoms with E-state index in [1.807, 2.05) is 90.2 Å². The van der Waals surface area contributed by atoms with Crippen molar-refractivity contribution in [3.63, 3.8) is 0 Å². The Hall–Kier alpha value is -4.35. The second-order valence-electron chi connectivity index (χ2n) is 14.8. The summed E-state index contributed by atoms with van der Waals surface area (Å²) < 4.78 is 18.2. The first-order valence-corrected chi connectivity index (χ1v) is 18.6. The maximum Gasteiger partial charge on any atom is 0.270 e. The van der Waals surface area contributed by atoms with Gasteiger partial charge in [0.05, 0.1) is 17.6 Å². The fraction of sp³-hybridized carbons (Fsp3) is 0.250. The molecule has 1 unspecified atom stereocenters. The van der Waals surface area contributed by atoms with Gasteiger partial charge in [-0.2, -0.15) is 0 Å². The number of nitrogens with zero attached hydrogens (tertiary/aromatic N) is 5. The number of rotatable bonds is 8. The Morgan fingerprint density at radius 3 is 2.07 bits per heavy atom. The zero-order chi connectivity index (χ0) is 38.8. The third kappa shape index (κ3) is 7.42. The Morgan fingerprint density at radius 1 is 0.776 bits per heavy atom. The van der Waals surface area contributed by atoms with Crippen LogP contribution in [0.4, 0.5) is 28.4 Å². The fourth-order valence-electron chi connectivity index (χ4n) is 8.49. The number of fused-ring (bicyclic) bond motifs is 8. The number of hydrogen-bond acceptors (Lipinski definition) is 8. The monoisotopic (exact) mass is 927 g/mol. The summed E-state index contributed by atoms with van der Waals surface area (Å²) in [6.45, 7) is 5.98. The third-order valence-electron chi connectivity index (χ3n) is 11.2. The van der Waals surface area contributed by atoms with Crippen molar-refractivity contribution < 1.29 is 94.1 Å². The number of carbonyl (C=O) groups excluding carboxylic acids is 2. The largest absolute Gasteiger partial charge is 0.680 e. The Labute approximate surface area is 387 Å². The molecule has 4 heterocycles. The van der Waals surface area contributed by atoms with Gasteiger partial charge in [-0.25, -0.2) is 6.54 Å². The smallest absolute Gasteiger partial charge is 0.270 e. The van der Waals surface area contributed by atoms with Gasteiger partial charge in [-0.05, 0) is 91.0 Å². The number of non-ortho nitro benzene ring substituents is 1. The van der Waals surface area contributed by atoms with Gasteiger partial charge in [0.1, 0.15) is 19.0 Å². The molecule has 5 aromatic carbocycles. The van der Waals surface area contributed by atoms with Crippen molar-refractivity contribution in [2.75, 3.05) is 28.9 Å². The SMILES string of the molecule is COc1cc2c(cc1OCc1cc(COc3cc4c(cc3C)C(=O)N3c5ccccc5C[C@H]3[CH-]N4C)cc([N+](=O)[O-])c1)[N-]C(C)[C@@H]1Cc3ccccc3N1C2=O.[Y].[Y]. The van der Waals surface area contributed by atoms with Crippen molar-refractivity contribution in [2.45, 2.75) is 58.0 Å². The van der Waals surface area contributed by atoms with Crippen molar-refractivity contribution in [2.24, 2.45) is 0 Å². The van der Waals surface area contributed by atoms with Crippen molar-refractivity contribution in [1.82, 2.24) is 0 Å². The average Bonchev–Trinajstić information content (AvgIpc) is 3.72. The number of aryl methyl sites for hydroxylation is 1. The molecule has 14 heteroatoms. The van der Waals surface area contributed by atoms with Gasteiger partial charge < -0.3 is 34.2 Å². The number of para-hydroxylation sites is 2. The molecule has 2 radical (unpaired) electrons. The molecular weight excluding hydrogens is 888 g/mol.